The van der Waals surface area contributed by atoms with E-state index in [1.807, 2.05) is 0 Å². The highest BCUT2D eigenvalue weighted by molar-refractivity contribution is 6.13. The monoisotopic (exact) mass is 363 g/mol. The van der Waals surface area contributed by atoms with Crippen molar-refractivity contribution in [3.63, 3.8) is 0 Å². The second-order valence-electron chi connectivity index (χ2n) is 8.86. The third-order valence-electron chi connectivity index (χ3n) is 7.03. The van der Waals surface area contributed by atoms with Gasteiger partial charge < -0.3 is 4.57 Å². The third kappa shape index (κ3) is 1.97. The first kappa shape index (κ1) is 16.2. The first-order valence-corrected chi connectivity index (χ1v) is 10.5. The van der Waals surface area contributed by atoms with Gasteiger partial charge in [0.25, 0.3) is 0 Å². The van der Waals surface area contributed by atoms with Crippen LogP contribution in [0.3, 0.4) is 0 Å². The molecule has 138 valence electrons. The highest BCUT2D eigenvalue weighted by Crippen LogP contribution is 2.55. The molecule has 0 amide bonds. The summed E-state index contributed by atoms with van der Waals surface area (Å²) in [7, 11) is 0. The summed E-state index contributed by atoms with van der Waals surface area (Å²) in [4.78, 5) is 0. The van der Waals surface area contributed by atoms with Crippen LogP contribution in [0.15, 0.2) is 72.3 Å². The second-order valence-corrected chi connectivity index (χ2v) is 8.86. The number of hydrogen-bond donors (Lipinski definition) is 0. The van der Waals surface area contributed by atoms with E-state index in [1.54, 1.807) is 16.7 Å². The molecule has 0 saturated heterocycles. The molecule has 1 heteroatoms. The van der Waals surface area contributed by atoms with Crippen molar-refractivity contribution < 1.29 is 0 Å². The minimum Gasteiger partial charge on any atom is -0.309 e. The van der Waals surface area contributed by atoms with Crippen LogP contribution < -0.4 is 0 Å². The van der Waals surface area contributed by atoms with E-state index in [0.717, 1.165) is 0 Å². The van der Waals surface area contributed by atoms with Gasteiger partial charge in [0.15, 0.2) is 0 Å². The molecule has 0 unspecified atom stereocenters. The van der Waals surface area contributed by atoms with Crippen LogP contribution in [0.5, 0.6) is 0 Å². The number of allylic oxidation sites excluding steroid dienone is 2. The molecular weight excluding hydrogens is 338 g/mol. The van der Waals surface area contributed by atoms with E-state index >= 15 is 0 Å². The molecule has 1 aromatic heterocycles. The Kier molecular flexibility index (Phi) is 3.24. The van der Waals surface area contributed by atoms with E-state index in [1.165, 1.54) is 58.7 Å². The molecule has 0 aliphatic heterocycles. The maximum atomic E-state index is 2.45. The Morgan fingerprint density at radius 3 is 2.36 bits per heavy atom. The Morgan fingerprint density at radius 2 is 1.50 bits per heavy atom. The fourth-order valence-electron chi connectivity index (χ4n) is 5.86. The Balaban J connectivity index is 1.78. The van der Waals surface area contributed by atoms with Gasteiger partial charge in [-0.05, 0) is 66.6 Å². The van der Waals surface area contributed by atoms with Crippen molar-refractivity contribution in [3.8, 4) is 5.69 Å². The van der Waals surface area contributed by atoms with Gasteiger partial charge in [-0.2, -0.15) is 0 Å². The minimum absolute atomic E-state index is 0.121. The lowest BCUT2D eigenvalue weighted by Crippen LogP contribution is -2.18. The van der Waals surface area contributed by atoms with Crippen LogP contribution in [-0.2, 0) is 5.41 Å². The van der Waals surface area contributed by atoms with Crippen LogP contribution in [0, 0.1) is 0 Å². The summed E-state index contributed by atoms with van der Waals surface area (Å²) >= 11 is 0. The van der Waals surface area contributed by atoms with E-state index in [4.69, 9.17) is 0 Å². The predicted molar refractivity (Wildman–Crippen MR) is 119 cm³/mol. The largest absolute Gasteiger partial charge is 0.309 e. The summed E-state index contributed by atoms with van der Waals surface area (Å²) < 4.78 is 2.44. The molecule has 2 aliphatic carbocycles. The number of rotatable bonds is 1. The van der Waals surface area contributed by atoms with Gasteiger partial charge in [-0.3, -0.25) is 0 Å². The van der Waals surface area contributed by atoms with Gasteiger partial charge >= 0.3 is 0 Å². The molecule has 0 radical (unpaired) electrons. The zero-order valence-electron chi connectivity index (χ0n) is 16.6. The molecule has 28 heavy (non-hydrogen) atoms. The summed E-state index contributed by atoms with van der Waals surface area (Å²) in [5.41, 5.74) is 10.4. The molecule has 1 heterocycles. The van der Waals surface area contributed by atoms with Gasteiger partial charge in [-0.25, -0.2) is 0 Å². The lowest BCUT2D eigenvalue weighted by atomic mass is 9.76. The Bertz CT molecular complexity index is 1270. The average Bonchev–Trinajstić information content (AvgIpc) is 3.19. The summed E-state index contributed by atoms with van der Waals surface area (Å²) in [5.74, 6) is 0. The van der Waals surface area contributed by atoms with Gasteiger partial charge in [0, 0.05) is 21.9 Å². The van der Waals surface area contributed by atoms with Crippen LogP contribution in [0.2, 0.25) is 0 Å². The van der Waals surface area contributed by atoms with Gasteiger partial charge in [0.1, 0.15) is 0 Å². The Labute approximate surface area is 166 Å². The van der Waals surface area contributed by atoms with Gasteiger partial charge in [0.2, 0.25) is 0 Å². The topological polar surface area (TPSA) is 4.93 Å². The first-order chi connectivity index (χ1) is 13.7. The van der Waals surface area contributed by atoms with Gasteiger partial charge in [0.05, 0.1) is 11.0 Å². The van der Waals surface area contributed by atoms with Crippen molar-refractivity contribution in [2.75, 3.05) is 0 Å². The predicted octanol–water partition coefficient (Wildman–Crippen LogP) is 7.40. The SMILES string of the molecule is CC1(C)C2=C(CCCC2)c2ccc3c(c21)c1ccccc1n3-c1ccccc1. The second kappa shape index (κ2) is 5.61. The maximum absolute atomic E-state index is 2.45. The third-order valence-corrected chi connectivity index (χ3v) is 7.03. The van der Waals surface area contributed by atoms with Crippen molar-refractivity contribution in [2.45, 2.75) is 44.9 Å². The molecule has 0 saturated carbocycles. The maximum Gasteiger partial charge on any atom is 0.0544 e. The smallest absolute Gasteiger partial charge is 0.0544 e. The van der Waals surface area contributed by atoms with Crippen molar-refractivity contribution in [3.05, 3.63) is 83.4 Å². The van der Waals surface area contributed by atoms with Crippen LogP contribution in [0.4, 0.5) is 0 Å². The first-order valence-electron chi connectivity index (χ1n) is 10.5. The van der Waals surface area contributed by atoms with E-state index in [2.05, 4.69) is 85.1 Å². The standard InChI is InChI=1S/C27H25N/c1-27(2)22-14-8-6-12-19(22)20-16-17-24-25(26(20)27)21-13-7-9-15-23(21)28(24)18-10-4-3-5-11-18/h3-5,7,9-11,13,15-17H,6,8,12,14H2,1-2H3. The van der Waals surface area contributed by atoms with E-state index in [0.29, 0.717) is 0 Å². The van der Waals surface area contributed by atoms with E-state index < -0.39 is 0 Å². The van der Waals surface area contributed by atoms with Crippen LogP contribution in [-0.4, -0.2) is 4.57 Å². The average molecular weight is 364 g/mol. The fraction of sp³-hybridized carbons (Fsp3) is 0.259. The number of benzene rings is 3. The molecule has 0 spiro atoms. The summed E-state index contributed by atoms with van der Waals surface area (Å²) in [6, 6.07) is 24.5. The number of para-hydroxylation sites is 2. The number of fused-ring (bicyclic) bond motifs is 6. The normalized spacial score (nSPS) is 17.9. The highest BCUT2D eigenvalue weighted by Gasteiger charge is 2.40. The summed E-state index contributed by atoms with van der Waals surface area (Å²) in [6.07, 6.45) is 5.17. The molecule has 0 atom stereocenters. The zero-order valence-corrected chi connectivity index (χ0v) is 16.6. The van der Waals surface area contributed by atoms with E-state index in [9.17, 15) is 0 Å². The van der Waals surface area contributed by atoms with Crippen LogP contribution in [0.25, 0.3) is 33.1 Å². The molecule has 3 aromatic carbocycles. The molecule has 2 aliphatic rings. The molecule has 0 fully saturated rings. The zero-order chi connectivity index (χ0) is 18.9. The van der Waals surface area contributed by atoms with Crippen LogP contribution in [0.1, 0.15) is 50.7 Å². The van der Waals surface area contributed by atoms with Crippen molar-refractivity contribution >= 4 is 27.4 Å². The summed E-state index contributed by atoms with van der Waals surface area (Å²) in [5, 5.41) is 2.84. The van der Waals surface area contributed by atoms with Crippen molar-refractivity contribution in [1.82, 2.24) is 4.57 Å². The van der Waals surface area contributed by atoms with Gasteiger partial charge in [-0.1, -0.05) is 61.9 Å². The Hall–Kier alpha value is -2.80. The highest BCUT2D eigenvalue weighted by atomic mass is 15.0. The lowest BCUT2D eigenvalue weighted by Gasteiger charge is -2.27. The molecule has 0 N–H and O–H groups in total. The molecule has 1 nitrogen and oxygen atoms in total. The van der Waals surface area contributed by atoms with Gasteiger partial charge in [-0.15, -0.1) is 0 Å². The molecule has 0 bridgehead atoms. The number of hydrogen-bond acceptors (Lipinski definition) is 0. The molecule has 4 aromatic rings. The van der Waals surface area contributed by atoms with Crippen molar-refractivity contribution in [1.29, 1.82) is 0 Å². The lowest BCUT2D eigenvalue weighted by molar-refractivity contribution is 0.577. The van der Waals surface area contributed by atoms with Crippen LogP contribution >= 0.6 is 0 Å². The summed E-state index contributed by atoms with van der Waals surface area (Å²) in [6.45, 7) is 4.90. The molecular formula is C27H25N. The van der Waals surface area contributed by atoms with E-state index in [-0.39, 0.29) is 5.41 Å². The fourth-order valence-corrected chi connectivity index (χ4v) is 5.86. The molecule has 6 rings (SSSR count). The number of nitrogens with zero attached hydrogens (tertiary/aromatic N) is 1. The number of aromatic nitrogens is 1. The quantitative estimate of drug-likeness (QED) is 0.332. The van der Waals surface area contributed by atoms with Crippen molar-refractivity contribution in [2.24, 2.45) is 0 Å². The Morgan fingerprint density at radius 1 is 0.750 bits per heavy atom. The minimum atomic E-state index is 0.121.